The van der Waals surface area contributed by atoms with Crippen LogP contribution in [0.2, 0.25) is 0 Å². The fourth-order valence-electron chi connectivity index (χ4n) is 4.45. The Labute approximate surface area is 202 Å². The number of aromatic nitrogens is 2. The van der Waals surface area contributed by atoms with Gasteiger partial charge in [0, 0.05) is 55.4 Å². The maximum atomic E-state index is 9.03. The van der Waals surface area contributed by atoms with Gasteiger partial charge in [0.1, 0.15) is 5.65 Å². The summed E-state index contributed by atoms with van der Waals surface area (Å²) in [5.41, 5.74) is 6.77. The van der Waals surface area contributed by atoms with Gasteiger partial charge in [-0.2, -0.15) is 5.26 Å². The number of hydrogen-bond acceptors (Lipinski definition) is 3. The van der Waals surface area contributed by atoms with E-state index in [-0.39, 0.29) is 0 Å². The molecule has 1 fully saturated rings. The predicted octanol–water partition coefficient (Wildman–Crippen LogP) is 7.37. The molecular weight excluding hydrogens is 572 g/mol. The number of aryl methyl sites for hydroxylation is 2. The van der Waals surface area contributed by atoms with E-state index in [0.29, 0.717) is 12.3 Å². The number of nitriles is 1. The Morgan fingerprint density at radius 3 is 2.30 bits per heavy atom. The highest BCUT2D eigenvalue weighted by atomic mass is 79.9. The van der Waals surface area contributed by atoms with E-state index in [2.05, 4.69) is 102 Å². The normalized spacial score (nSPS) is 15.0. The second-order valence-electron chi connectivity index (χ2n) is 8.04. The van der Waals surface area contributed by atoms with Gasteiger partial charge >= 0.3 is 0 Å². The van der Waals surface area contributed by atoms with Crippen LogP contribution in [0.15, 0.2) is 31.6 Å². The smallest absolute Gasteiger partial charge is 0.147 e. The van der Waals surface area contributed by atoms with Crippen molar-refractivity contribution in [3.63, 3.8) is 0 Å². The third-order valence-corrected chi connectivity index (χ3v) is 7.78. The molecule has 0 amide bonds. The molecule has 0 saturated carbocycles. The van der Waals surface area contributed by atoms with E-state index < -0.39 is 0 Å². The van der Waals surface area contributed by atoms with Gasteiger partial charge in [-0.25, -0.2) is 4.98 Å². The number of nitrogens with zero attached hydrogens (tertiary/aromatic N) is 4. The summed E-state index contributed by atoms with van der Waals surface area (Å²) in [6.45, 7) is 8.40. The minimum absolute atomic E-state index is 0.520. The van der Waals surface area contributed by atoms with E-state index in [0.717, 1.165) is 56.4 Å². The highest BCUT2D eigenvalue weighted by Gasteiger charge is 2.25. The molecule has 0 atom stereocenters. The van der Waals surface area contributed by atoms with Gasteiger partial charge in [-0.1, -0.05) is 15.9 Å². The third kappa shape index (κ3) is 3.83. The molecule has 30 heavy (non-hydrogen) atoms. The Hall–Kier alpha value is -1.36. The Morgan fingerprint density at radius 2 is 1.70 bits per heavy atom. The monoisotopic (exact) mass is 592 g/mol. The lowest BCUT2D eigenvalue weighted by Gasteiger charge is -2.33. The van der Waals surface area contributed by atoms with E-state index in [1.165, 1.54) is 22.3 Å². The molecule has 3 heterocycles. The van der Waals surface area contributed by atoms with Crippen LogP contribution in [-0.2, 0) is 0 Å². The van der Waals surface area contributed by atoms with Gasteiger partial charge in [0.05, 0.1) is 11.8 Å². The summed E-state index contributed by atoms with van der Waals surface area (Å²) < 4.78 is 5.28. The molecule has 0 radical (unpaired) electrons. The molecule has 4 rings (SSSR count). The van der Waals surface area contributed by atoms with E-state index >= 15 is 0 Å². The summed E-state index contributed by atoms with van der Waals surface area (Å²) in [7, 11) is 0. The molecule has 0 unspecified atom stereocenters. The highest BCUT2D eigenvalue weighted by Crippen LogP contribution is 2.41. The van der Waals surface area contributed by atoms with Crippen LogP contribution in [0.1, 0.15) is 36.2 Å². The van der Waals surface area contributed by atoms with E-state index in [1.54, 1.807) is 0 Å². The first-order valence-corrected chi connectivity index (χ1v) is 12.5. The molecule has 0 aliphatic carbocycles. The summed E-state index contributed by atoms with van der Waals surface area (Å²) in [6, 6.07) is 8.69. The van der Waals surface area contributed by atoms with E-state index in [1.807, 2.05) is 0 Å². The van der Waals surface area contributed by atoms with Crippen molar-refractivity contribution in [2.45, 2.75) is 40.0 Å². The summed E-state index contributed by atoms with van der Waals surface area (Å²) in [5.74, 6) is 0.520. The van der Waals surface area contributed by atoms with Gasteiger partial charge in [0.25, 0.3) is 0 Å². The predicted molar refractivity (Wildman–Crippen MR) is 134 cm³/mol. The maximum Gasteiger partial charge on any atom is 0.147 e. The molecule has 1 aromatic carbocycles. The Kier molecular flexibility index (Phi) is 6.30. The molecule has 1 aliphatic rings. The number of halogens is 3. The van der Waals surface area contributed by atoms with Crippen LogP contribution in [0, 0.1) is 38.0 Å². The van der Waals surface area contributed by atoms with Gasteiger partial charge in [-0.05, 0) is 95.2 Å². The van der Waals surface area contributed by atoms with Crippen molar-refractivity contribution in [3.8, 4) is 11.8 Å². The molecular formula is C23H23Br3N4. The number of fused-ring (bicyclic) bond motifs is 1. The molecule has 0 spiro atoms. The Bertz CT molecular complexity index is 1140. The van der Waals surface area contributed by atoms with Crippen molar-refractivity contribution < 1.29 is 0 Å². The van der Waals surface area contributed by atoms with Gasteiger partial charge in [0.15, 0.2) is 0 Å². The zero-order valence-electron chi connectivity index (χ0n) is 17.3. The average molecular weight is 595 g/mol. The van der Waals surface area contributed by atoms with Crippen molar-refractivity contribution in [1.82, 2.24) is 9.55 Å². The standard InChI is InChI=1S/C23H23Br3N4/c1-13-10-20(29-8-5-16(4-7-27)6-9-29)21-14(2)15(3)30(23(21)28-13)22-18(25)11-17(24)12-19(22)26/h10-12,16H,4-6,8-9H2,1-3H3. The number of anilines is 1. The van der Waals surface area contributed by atoms with E-state index in [4.69, 9.17) is 10.2 Å². The average Bonchev–Trinajstić information content (AvgIpc) is 2.92. The van der Waals surface area contributed by atoms with Crippen molar-refractivity contribution in [2.75, 3.05) is 18.0 Å². The first kappa shape index (κ1) is 21.9. The summed E-state index contributed by atoms with van der Waals surface area (Å²) in [4.78, 5) is 7.46. The molecule has 1 aliphatic heterocycles. The second kappa shape index (κ2) is 8.64. The van der Waals surface area contributed by atoms with Crippen molar-refractivity contribution in [2.24, 2.45) is 5.92 Å². The van der Waals surface area contributed by atoms with Crippen LogP contribution < -0.4 is 4.90 Å². The summed E-state index contributed by atoms with van der Waals surface area (Å²) >= 11 is 11.1. The Balaban J connectivity index is 1.89. The van der Waals surface area contributed by atoms with Gasteiger partial charge < -0.3 is 4.90 Å². The quantitative estimate of drug-likeness (QED) is 0.318. The van der Waals surface area contributed by atoms with Crippen LogP contribution in [0.4, 0.5) is 5.69 Å². The molecule has 0 bridgehead atoms. The minimum atomic E-state index is 0.520. The number of benzene rings is 1. The molecule has 1 saturated heterocycles. The second-order valence-corrected chi connectivity index (χ2v) is 10.7. The summed E-state index contributed by atoms with van der Waals surface area (Å²) in [5, 5.41) is 10.3. The fraction of sp³-hybridized carbons (Fsp3) is 0.391. The maximum absolute atomic E-state index is 9.03. The largest absolute Gasteiger partial charge is 0.371 e. The first-order valence-electron chi connectivity index (χ1n) is 10.1. The number of rotatable bonds is 3. The summed E-state index contributed by atoms with van der Waals surface area (Å²) in [6.07, 6.45) is 2.80. The Morgan fingerprint density at radius 1 is 1.07 bits per heavy atom. The van der Waals surface area contributed by atoms with Crippen LogP contribution >= 0.6 is 47.8 Å². The lowest BCUT2D eigenvalue weighted by Crippen LogP contribution is -2.33. The first-order chi connectivity index (χ1) is 14.3. The molecule has 0 N–H and O–H groups in total. The van der Waals surface area contributed by atoms with Crippen LogP contribution in [0.3, 0.4) is 0 Å². The van der Waals surface area contributed by atoms with E-state index in [9.17, 15) is 0 Å². The minimum Gasteiger partial charge on any atom is -0.371 e. The number of pyridine rings is 1. The topological polar surface area (TPSA) is 44.9 Å². The zero-order valence-corrected chi connectivity index (χ0v) is 22.0. The third-order valence-electron chi connectivity index (χ3n) is 6.11. The highest BCUT2D eigenvalue weighted by molar-refractivity contribution is 9.11. The number of hydrogen-bond donors (Lipinski definition) is 0. The lowest BCUT2D eigenvalue weighted by molar-refractivity contribution is 0.413. The molecule has 4 nitrogen and oxygen atoms in total. The zero-order chi connectivity index (χ0) is 21.6. The molecule has 3 aromatic rings. The van der Waals surface area contributed by atoms with Crippen LogP contribution in [0.5, 0.6) is 0 Å². The van der Waals surface area contributed by atoms with Crippen molar-refractivity contribution in [1.29, 1.82) is 5.26 Å². The lowest BCUT2D eigenvalue weighted by atomic mass is 9.93. The van der Waals surface area contributed by atoms with Gasteiger partial charge in [-0.3, -0.25) is 4.57 Å². The molecule has 7 heteroatoms. The van der Waals surface area contributed by atoms with Crippen LogP contribution in [0.25, 0.3) is 16.7 Å². The molecule has 156 valence electrons. The van der Waals surface area contributed by atoms with Crippen molar-refractivity contribution >= 4 is 64.5 Å². The van der Waals surface area contributed by atoms with Gasteiger partial charge in [-0.15, -0.1) is 0 Å². The fourth-order valence-corrected chi connectivity index (χ4v) is 7.06. The number of piperidine rings is 1. The SMILES string of the molecule is Cc1cc(N2CCC(CC#N)CC2)c2c(C)c(C)n(-c3c(Br)cc(Br)cc3Br)c2n1. The molecule has 2 aromatic heterocycles. The van der Waals surface area contributed by atoms with Gasteiger partial charge in [0.2, 0.25) is 0 Å². The van der Waals surface area contributed by atoms with Crippen LogP contribution in [-0.4, -0.2) is 22.6 Å². The van der Waals surface area contributed by atoms with Crippen molar-refractivity contribution in [3.05, 3.63) is 48.6 Å².